The van der Waals surface area contributed by atoms with E-state index in [9.17, 15) is 4.79 Å². The van der Waals surface area contributed by atoms with Gasteiger partial charge < -0.3 is 4.90 Å². The zero-order valence-electron chi connectivity index (χ0n) is 11.0. The quantitative estimate of drug-likeness (QED) is 0.762. The highest BCUT2D eigenvalue weighted by molar-refractivity contribution is 5.94. The van der Waals surface area contributed by atoms with E-state index in [0.29, 0.717) is 6.54 Å². The van der Waals surface area contributed by atoms with Crippen LogP contribution < -0.4 is 0 Å². The summed E-state index contributed by atoms with van der Waals surface area (Å²) in [6.45, 7) is 3.50. The number of carbonyl (C=O) groups is 1. The molecule has 1 aliphatic heterocycles. The van der Waals surface area contributed by atoms with E-state index in [0.717, 1.165) is 24.1 Å². The Labute approximate surface area is 113 Å². The summed E-state index contributed by atoms with van der Waals surface area (Å²) in [5, 5.41) is 0. The van der Waals surface area contributed by atoms with E-state index in [1.54, 1.807) is 0 Å². The van der Waals surface area contributed by atoms with Crippen LogP contribution in [-0.4, -0.2) is 17.4 Å². The second-order valence-electron chi connectivity index (χ2n) is 5.04. The summed E-state index contributed by atoms with van der Waals surface area (Å²) < 4.78 is 0. The van der Waals surface area contributed by atoms with Crippen LogP contribution in [0.4, 0.5) is 0 Å². The Morgan fingerprint density at radius 3 is 3.00 bits per heavy atom. The largest absolute Gasteiger partial charge is 0.334 e. The van der Waals surface area contributed by atoms with E-state index < -0.39 is 0 Å². The lowest BCUT2D eigenvalue weighted by molar-refractivity contribution is 0.0734. The van der Waals surface area contributed by atoms with E-state index in [1.807, 2.05) is 48.2 Å². The first-order chi connectivity index (χ1) is 9.24. The third-order valence-corrected chi connectivity index (χ3v) is 3.62. The summed E-state index contributed by atoms with van der Waals surface area (Å²) in [7, 11) is 0. The minimum absolute atomic E-state index is 0.123. The maximum Gasteiger partial charge on any atom is 0.254 e. The van der Waals surface area contributed by atoms with Crippen molar-refractivity contribution in [1.29, 1.82) is 0 Å². The molecule has 2 aromatic rings. The zero-order chi connectivity index (χ0) is 13.2. The SMILES string of the molecule is Cc1cccc(C(=O)N2CCc3cc[c]cc3C2)c1. The zero-order valence-corrected chi connectivity index (χ0v) is 11.0. The molecule has 95 valence electrons. The van der Waals surface area contributed by atoms with Gasteiger partial charge in [-0.25, -0.2) is 0 Å². The van der Waals surface area contributed by atoms with Gasteiger partial charge in [-0.2, -0.15) is 0 Å². The van der Waals surface area contributed by atoms with Gasteiger partial charge in [0.15, 0.2) is 0 Å². The lowest BCUT2D eigenvalue weighted by Crippen LogP contribution is -2.35. The topological polar surface area (TPSA) is 20.3 Å². The van der Waals surface area contributed by atoms with Crippen LogP contribution in [0.15, 0.2) is 42.5 Å². The van der Waals surface area contributed by atoms with E-state index >= 15 is 0 Å². The van der Waals surface area contributed by atoms with Gasteiger partial charge in [-0.15, -0.1) is 0 Å². The minimum Gasteiger partial charge on any atom is -0.334 e. The van der Waals surface area contributed by atoms with Crippen LogP contribution in [0.3, 0.4) is 0 Å². The van der Waals surface area contributed by atoms with Crippen molar-refractivity contribution in [3.8, 4) is 0 Å². The maximum atomic E-state index is 12.5. The summed E-state index contributed by atoms with van der Waals surface area (Å²) >= 11 is 0. The Morgan fingerprint density at radius 2 is 2.16 bits per heavy atom. The lowest BCUT2D eigenvalue weighted by atomic mass is 9.99. The van der Waals surface area contributed by atoms with Crippen LogP contribution in [-0.2, 0) is 13.0 Å². The highest BCUT2D eigenvalue weighted by atomic mass is 16.2. The molecule has 1 amide bonds. The van der Waals surface area contributed by atoms with E-state index in [-0.39, 0.29) is 5.91 Å². The predicted octanol–water partition coefficient (Wildman–Crippen LogP) is 2.99. The molecule has 0 aromatic heterocycles. The number of hydrogen-bond donors (Lipinski definition) is 0. The van der Waals surface area contributed by atoms with Crippen molar-refractivity contribution in [2.24, 2.45) is 0 Å². The van der Waals surface area contributed by atoms with Crippen LogP contribution in [0.25, 0.3) is 0 Å². The van der Waals surface area contributed by atoms with Gasteiger partial charge in [0, 0.05) is 18.7 Å². The fourth-order valence-electron chi connectivity index (χ4n) is 2.56. The molecule has 0 spiro atoms. The van der Waals surface area contributed by atoms with Crippen molar-refractivity contribution in [1.82, 2.24) is 4.90 Å². The summed E-state index contributed by atoms with van der Waals surface area (Å²) in [4.78, 5) is 14.4. The van der Waals surface area contributed by atoms with Crippen molar-refractivity contribution < 1.29 is 4.79 Å². The molecule has 2 nitrogen and oxygen atoms in total. The number of nitrogens with zero attached hydrogens (tertiary/aromatic N) is 1. The molecule has 0 fully saturated rings. The first kappa shape index (κ1) is 12.0. The van der Waals surface area contributed by atoms with Crippen LogP contribution >= 0.6 is 0 Å². The molecular formula is C17H16NO. The molecule has 0 N–H and O–H groups in total. The van der Waals surface area contributed by atoms with Gasteiger partial charge in [0.2, 0.25) is 0 Å². The first-order valence-electron chi connectivity index (χ1n) is 6.58. The fraction of sp³-hybridized carbons (Fsp3) is 0.235. The summed E-state index contributed by atoms with van der Waals surface area (Å²) in [6, 6.07) is 16.9. The molecule has 0 saturated heterocycles. The standard InChI is InChI=1S/C17H16NO/c1-13-5-4-8-15(11-13)17(19)18-10-9-14-6-2-3-7-16(14)12-18/h2,4-8,11H,9-10,12H2,1H3. The van der Waals surface area contributed by atoms with Gasteiger partial charge in [0.05, 0.1) is 0 Å². The molecule has 2 aromatic carbocycles. The van der Waals surface area contributed by atoms with Crippen molar-refractivity contribution in [2.75, 3.05) is 6.54 Å². The van der Waals surface area contributed by atoms with Crippen LogP contribution in [0, 0.1) is 13.0 Å². The predicted molar refractivity (Wildman–Crippen MR) is 74.9 cm³/mol. The van der Waals surface area contributed by atoms with Crippen molar-refractivity contribution in [3.05, 3.63) is 70.8 Å². The van der Waals surface area contributed by atoms with Gasteiger partial charge in [0.25, 0.3) is 5.91 Å². The highest BCUT2D eigenvalue weighted by Crippen LogP contribution is 2.20. The Bertz CT molecular complexity index is 618. The Hall–Kier alpha value is -2.09. The van der Waals surface area contributed by atoms with Crippen molar-refractivity contribution in [2.45, 2.75) is 19.9 Å². The van der Waals surface area contributed by atoms with Gasteiger partial charge in [-0.05, 0) is 48.7 Å². The average Bonchev–Trinajstić information content (AvgIpc) is 2.46. The molecule has 0 atom stereocenters. The number of amides is 1. The second kappa shape index (κ2) is 4.88. The van der Waals surface area contributed by atoms with Gasteiger partial charge in [-0.1, -0.05) is 29.8 Å². The minimum atomic E-state index is 0.123. The molecule has 0 bridgehead atoms. The normalized spacial score (nSPS) is 14.1. The van der Waals surface area contributed by atoms with Crippen LogP contribution in [0.1, 0.15) is 27.0 Å². The van der Waals surface area contributed by atoms with E-state index in [2.05, 4.69) is 12.1 Å². The molecule has 3 rings (SSSR count). The third-order valence-electron chi connectivity index (χ3n) is 3.62. The maximum absolute atomic E-state index is 12.5. The summed E-state index contributed by atoms with van der Waals surface area (Å²) in [5.41, 5.74) is 4.46. The molecule has 2 heteroatoms. The Balaban J connectivity index is 1.83. The molecule has 19 heavy (non-hydrogen) atoms. The summed E-state index contributed by atoms with van der Waals surface area (Å²) in [6.07, 6.45) is 0.932. The molecule has 1 heterocycles. The molecule has 1 radical (unpaired) electrons. The molecule has 0 aliphatic carbocycles. The molecular weight excluding hydrogens is 234 g/mol. The van der Waals surface area contributed by atoms with Gasteiger partial charge >= 0.3 is 0 Å². The van der Waals surface area contributed by atoms with Crippen molar-refractivity contribution >= 4 is 5.91 Å². The number of carbonyl (C=O) groups excluding carboxylic acids is 1. The van der Waals surface area contributed by atoms with E-state index in [1.165, 1.54) is 11.1 Å². The monoisotopic (exact) mass is 250 g/mol. The molecule has 1 aliphatic rings. The van der Waals surface area contributed by atoms with Gasteiger partial charge in [0.1, 0.15) is 0 Å². The number of fused-ring (bicyclic) bond motifs is 1. The molecule has 0 saturated carbocycles. The third kappa shape index (κ3) is 2.39. The van der Waals surface area contributed by atoms with Gasteiger partial charge in [-0.3, -0.25) is 4.79 Å². The van der Waals surface area contributed by atoms with E-state index in [4.69, 9.17) is 0 Å². The first-order valence-corrected chi connectivity index (χ1v) is 6.58. The highest BCUT2D eigenvalue weighted by Gasteiger charge is 2.21. The number of hydrogen-bond acceptors (Lipinski definition) is 1. The van der Waals surface area contributed by atoms with Crippen LogP contribution in [0.5, 0.6) is 0 Å². The Kier molecular flexibility index (Phi) is 3.08. The second-order valence-corrected chi connectivity index (χ2v) is 5.04. The number of rotatable bonds is 1. The smallest absolute Gasteiger partial charge is 0.254 e. The van der Waals surface area contributed by atoms with Crippen molar-refractivity contribution in [3.63, 3.8) is 0 Å². The fourth-order valence-corrected chi connectivity index (χ4v) is 2.56. The molecule has 0 unspecified atom stereocenters. The number of benzene rings is 2. The Morgan fingerprint density at radius 1 is 1.26 bits per heavy atom. The lowest BCUT2D eigenvalue weighted by Gasteiger charge is -2.29. The number of aryl methyl sites for hydroxylation is 1. The average molecular weight is 250 g/mol. The van der Waals surface area contributed by atoms with Crippen LogP contribution in [0.2, 0.25) is 0 Å². The summed E-state index contributed by atoms with van der Waals surface area (Å²) in [5.74, 6) is 0.123.